The number of halogens is 1. The number of aryl methyl sites for hydroxylation is 1. The molecular weight excluding hydrogens is 297 g/mol. The Balaban J connectivity index is 1.55. The molecule has 1 amide bonds. The van der Waals surface area contributed by atoms with Crippen LogP contribution in [0.3, 0.4) is 0 Å². The summed E-state index contributed by atoms with van der Waals surface area (Å²) in [5.74, 6) is 0.167. The van der Waals surface area contributed by atoms with Gasteiger partial charge in [-0.15, -0.1) is 0 Å². The van der Waals surface area contributed by atoms with Gasteiger partial charge in [0.15, 0.2) is 5.82 Å². The van der Waals surface area contributed by atoms with Crippen molar-refractivity contribution in [1.82, 2.24) is 19.7 Å². The lowest BCUT2D eigenvalue weighted by Crippen LogP contribution is -2.12. The number of nitrogens with one attached hydrogen (secondary N) is 1. The summed E-state index contributed by atoms with van der Waals surface area (Å²) in [6.07, 6.45) is 5.27. The second kappa shape index (κ2) is 6.78. The van der Waals surface area contributed by atoms with Crippen molar-refractivity contribution in [2.75, 3.05) is 5.32 Å². The highest BCUT2D eigenvalue weighted by molar-refractivity contribution is 5.90. The monoisotopic (exact) mass is 311 g/mol. The summed E-state index contributed by atoms with van der Waals surface area (Å²) >= 11 is 0. The third kappa shape index (κ3) is 3.97. The number of pyridine rings is 1. The predicted octanol–water partition coefficient (Wildman–Crippen LogP) is 2.37. The van der Waals surface area contributed by atoms with Crippen LogP contribution in [0.4, 0.5) is 10.1 Å². The van der Waals surface area contributed by atoms with E-state index in [-0.39, 0.29) is 18.1 Å². The van der Waals surface area contributed by atoms with Gasteiger partial charge in [-0.3, -0.25) is 4.79 Å². The van der Waals surface area contributed by atoms with Crippen LogP contribution in [0.15, 0.2) is 55.2 Å². The summed E-state index contributed by atoms with van der Waals surface area (Å²) in [7, 11) is 0. The number of amides is 1. The van der Waals surface area contributed by atoms with E-state index in [1.807, 2.05) is 0 Å². The number of aromatic nitrogens is 4. The Labute approximate surface area is 132 Å². The molecule has 0 aliphatic heterocycles. The summed E-state index contributed by atoms with van der Waals surface area (Å²) in [4.78, 5) is 20.0. The Morgan fingerprint density at radius 1 is 1.26 bits per heavy atom. The lowest BCUT2D eigenvalue weighted by molar-refractivity contribution is -0.116. The Hall–Kier alpha value is -3.09. The van der Waals surface area contributed by atoms with Crippen LogP contribution in [-0.4, -0.2) is 25.7 Å². The highest BCUT2D eigenvalue weighted by Crippen LogP contribution is 2.10. The first-order valence-corrected chi connectivity index (χ1v) is 7.06. The van der Waals surface area contributed by atoms with Crippen molar-refractivity contribution in [3.05, 3.63) is 66.6 Å². The topological polar surface area (TPSA) is 72.7 Å². The minimum atomic E-state index is -0.296. The largest absolute Gasteiger partial charge is 0.325 e. The van der Waals surface area contributed by atoms with Crippen LogP contribution >= 0.6 is 0 Å². The van der Waals surface area contributed by atoms with E-state index in [0.29, 0.717) is 17.9 Å². The molecule has 2 heterocycles. The fraction of sp³-hybridized carbons (Fsp3) is 0.125. The molecule has 0 saturated carbocycles. The van der Waals surface area contributed by atoms with Crippen LogP contribution in [0.2, 0.25) is 0 Å². The van der Waals surface area contributed by atoms with E-state index >= 15 is 0 Å². The molecule has 6 nitrogen and oxygen atoms in total. The van der Waals surface area contributed by atoms with Gasteiger partial charge < -0.3 is 5.32 Å². The fourth-order valence-electron chi connectivity index (χ4n) is 2.10. The molecule has 3 rings (SSSR count). The number of benzene rings is 1. The SMILES string of the molecule is O=C(CCc1cccc(F)c1)Nc1ccc(-n2cncn2)nc1. The smallest absolute Gasteiger partial charge is 0.224 e. The number of carbonyl (C=O) groups is 1. The number of hydrogen-bond donors (Lipinski definition) is 1. The lowest BCUT2D eigenvalue weighted by atomic mass is 10.1. The minimum Gasteiger partial charge on any atom is -0.325 e. The number of anilines is 1. The molecule has 0 atom stereocenters. The third-order valence-corrected chi connectivity index (χ3v) is 3.21. The average molecular weight is 311 g/mol. The summed E-state index contributed by atoms with van der Waals surface area (Å²) < 4.78 is 14.6. The zero-order valence-corrected chi connectivity index (χ0v) is 12.2. The van der Waals surface area contributed by atoms with Gasteiger partial charge in [0.05, 0.1) is 11.9 Å². The van der Waals surface area contributed by atoms with E-state index < -0.39 is 0 Å². The van der Waals surface area contributed by atoms with Crippen molar-refractivity contribution < 1.29 is 9.18 Å². The second-order valence-electron chi connectivity index (χ2n) is 4.92. The van der Waals surface area contributed by atoms with Crippen LogP contribution in [0.1, 0.15) is 12.0 Å². The van der Waals surface area contributed by atoms with Gasteiger partial charge in [0.1, 0.15) is 18.5 Å². The average Bonchev–Trinajstić information content (AvgIpc) is 3.08. The summed E-state index contributed by atoms with van der Waals surface area (Å²) in [5.41, 5.74) is 1.39. The van der Waals surface area contributed by atoms with Crippen molar-refractivity contribution in [1.29, 1.82) is 0 Å². The first-order valence-electron chi connectivity index (χ1n) is 7.06. The molecule has 1 N–H and O–H groups in total. The van der Waals surface area contributed by atoms with Crippen LogP contribution in [0.25, 0.3) is 5.82 Å². The molecule has 0 saturated heterocycles. The molecule has 0 spiro atoms. The number of hydrogen-bond acceptors (Lipinski definition) is 4. The van der Waals surface area contributed by atoms with Gasteiger partial charge in [0, 0.05) is 6.42 Å². The Morgan fingerprint density at radius 2 is 2.17 bits per heavy atom. The lowest BCUT2D eigenvalue weighted by Gasteiger charge is -2.06. The van der Waals surface area contributed by atoms with Gasteiger partial charge in [-0.1, -0.05) is 12.1 Å². The highest BCUT2D eigenvalue weighted by atomic mass is 19.1. The quantitative estimate of drug-likeness (QED) is 0.785. The molecule has 0 bridgehead atoms. The molecular formula is C16H14FN5O. The zero-order chi connectivity index (χ0) is 16.1. The molecule has 0 aliphatic rings. The van der Waals surface area contributed by atoms with E-state index in [1.54, 1.807) is 36.8 Å². The van der Waals surface area contributed by atoms with Gasteiger partial charge >= 0.3 is 0 Å². The third-order valence-electron chi connectivity index (χ3n) is 3.21. The van der Waals surface area contributed by atoms with Gasteiger partial charge in [-0.05, 0) is 36.2 Å². The van der Waals surface area contributed by atoms with E-state index in [4.69, 9.17) is 0 Å². The number of nitrogens with zero attached hydrogens (tertiary/aromatic N) is 4. The van der Waals surface area contributed by atoms with Crippen LogP contribution in [0, 0.1) is 5.82 Å². The van der Waals surface area contributed by atoms with Crippen molar-refractivity contribution in [3.63, 3.8) is 0 Å². The van der Waals surface area contributed by atoms with E-state index in [9.17, 15) is 9.18 Å². The van der Waals surface area contributed by atoms with Crippen molar-refractivity contribution in [2.24, 2.45) is 0 Å². The van der Waals surface area contributed by atoms with Gasteiger partial charge in [-0.25, -0.2) is 19.0 Å². The fourth-order valence-corrected chi connectivity index (χ4v) is 2.10. The highest BCUT2D eigenvalue weighted by Gasteiger charge is 2.05. The molecule has 116 valence electrons. The Kier molecular flexibility index (Phi) is 4.37. The van der Waals surface area contributed by atoms with Crippen LogP contribution in [-0.2, 0) is 11.2 Å². The Bertz CT molecular complexity index is 786. The van der Waals surface area contributed by atoms with E-state index in [1.165, 1.54) is 23.1 Å². The summed E-state index contributed by atoms with van der Waals surface area (Å²) in [6, 6.07) is 9.72. The maximum absolute atomic E-state index is 13.1. The number of rotatable bonds is 5. The molecule has 1 aromatic carbocycles. The van der Waals surface area contributed by atoms with Gasteiger partial charge in [0.2, 0.25) is 5.91 Å². The molecule has 0 radical (unpaired) electrons. The van der Waals surface area contributed by atoms with Crippen LogP contribution in [0.5, 0.6) is 0 Å². The normalized spacial score (nSPS) is 10.5. The molecule has 2 aromatic heterocycles. The predicted molar refractivity (Wildman–Crippen MR) is 82.5 cm³/mol. The molecule has 23 heavy (non-hydrogen) atoms. The standard InChI is InChI=1S/C16H14FN5O/c17-13-3-1-2-12(8-13)4-7-16(23)21-14-5-6-15(19-9-14)22-11-18-10-20-22/h1-3,5-6,8-11H,4,7H2,(H,21,23). The molecule has 7 heteroatoms. The minimum absolute atomic E-state index is 0.149. The Morgan fingerprint density at radius 3 is 2.87 bits per heavy atom. The van der Waals surface area contributed by atoms with Crippen LogP contribution < -0.4 is 5.32 Å². The van der Waals surface area contributed by atoms with E-state index in [0.717, 1.165) is 5.56 Å². The van der Waals surface area contributed by atoms with Crippen molar-refractivity contribution in [2.45, 2.75) is 12.8 Å². The van der Waals surface area contributed by atoms with E-state index in [2.05, 4.69) is 20.4 Å². The molecule has 0 aliphatic carbocycles. The first kappa shape index (κ1) is 14.8. The maximum Gasteiger partial charge on any atom is 0.224 e. The maximum atomic E-state index is 13.1. The summed E-state index contributed by atoms with van der Waals surface area (Å²) in [6.45, 7) is 0. The van der Waals surface area contributed by atoms with Crippen molar-refractivity contribution in [3.8, 4) is 5.82 Å². The molecule has 0 unspecified atom stereocenters. The second-order valence-corrected chi connectivity index (χ2v) is 4.92. The molecule has 0 fully saturated rings. The van der Waals surface area contributed by atoms with Gasteiger partial charge in [-0.2, -0.15) is 5.10 Å². The first-order chi connectivity index (χ1) is 11.2. The number of carbonyl (C=O) groups excluding carboxylic acids is 1. The summed E-state index contributed by atoms with van der Waals surface area (Å²) in [5, 5.41) is 6.73. The zero-order valence-electron chi connectivity index (χ0n) is 12.2. The molecule has 3 aromatic rings. The van der Waals surface area contributed by atoms with Crippen molar-refractivity contribution >= 4 is 11.6 Å². The van der Waals surface area contributed by atoms with Gasteiger partial charge in [0.25, 0.3) is 0 Å².